The monoisotopic (exact) mass is 424 g/mol. The first-order chi connectivity index (χ1) is 15.0. The molecule has 1 saturated heterocycles. The van der Waals surface area contributed by atoms with Crippen LogP contribution in [0.15, 0.2) is 30.6 Å². The fraction of sp³-hybridized carbons (Fsp3) is 0.400. The number of nitrogens with one attached hydrogen (secondary N) is 1. The van der Waals surface area contributed by atoms with Gasteiger partial charge in [-0.2, -0.15) is 5.10 Å². The molecule has 2 amide bonds. The van der Waals surface area contributed by atoms with Crippen molar-refractivity contribution in [3.63, 3.8) is 0 Å². The van der Waals surface area contributed by atoms with Gasteiger partial charge in [0.2, 0.25) is 11.8 Å². The van der Waals surface area contributed by atoms with Crippen LogP contribution in [0.5, 0.6) is 5.88 Å². The first kappa shape index (κ1) is 20.5. The summed E-state index contributed by atoms with van der Waals surface area (Å²) in [6.07, 6.45) is 5.73. The van der Waals surface area contributed by atoms with Crippen molar-refractivity contribution in [3.05, 3.63) is 36.3 Å². The zero-order valence-electron chi connectivity index (χ0n) is 17.6. The maximum Gasteiger partial charge on any atom is 0.275 e. The third-order valence-corrected chi connectivity index (χ3v) is 5.28. The molecule has 31 heavy (non-hydrogen) atoms. The van der Waals surface area contributed by atoms with Crippen LogP contribution in [-0.4, -0.2) is 73.2 Å². The lowest BCUT2D eigenvalue weighted by atomic mass is 10.0. The lowest BCUT2D eigenvalue weighted by molar-refractivity contribution is -0.126. The Hall–Kier alpha value is -3.76. The van der Waals surface area contributed by atoms with Gasteiger partial charge < -0.3 is 15.0 Å². The van der Waals surface area contributed by atoms with Gasteiger partial charge in [0.25, 0.3) is 5.91 Å². The van der Waals surface area contributed by atoms with Crippen LogP contribution in [0.1, 0.15) is 29.8 Å². The van der Waals surface area contributed by atoms with Crippen molar-refractivity contribution in [2.75, 3.05) is 20.7 Å². The minimum Gasteiger partial charge on any atom is -0.481 e. The number of methoxy groups -OCH3 is 1. The molecular formula is C20H24N8O3. The number of carbonyl (C=O) groups is 2. The number of likely N-dealkylation sites (tertiary alicyclic amines) is 1. The second-order valence-corrected chi connectivity index (χ2v) is 7.29. The van der Waals surface area contributed by atoms with E-state index in [1.165, 1.54) is 0 Å². The molecule has 11 nitrogen and oxygen atoms in total. The largest absolute Gasteiger partial charge is 0.481 e. The van der Waals surface area contributed by atoms with E-state index < -0.39 is 6.04 Å². The smallest absolute Gasteiger partial charge is 0.275 e. The average molecular weight is 424 g/mol. The molecule has 0 aromatic carbocycles. The molecule has 0 saturated carbocycles. The molecule has 3 aromatic rings. The van der Waals surface area contributed by atoms with Crippen molar-refractivity contribution < 1.29 is 14.3 Å². The highest BCUT2D eigenvalue weighted by Gasteiger charge is 2.33. The third-order valence-electron chi connectivity index (χ3n) is 5.28. The molecule has 1 N–H and O–H groups in total. The van der Waals surface area contributed by atoms with Gasteiger partial charge in [0, 0.05) is 26.7 Å². The second kappa shape index (κ2) is 8.54. The number of pyridine rings is 1. The van der Waals surface area contributed by atoms with Crippen LogP contribution in [0.4, 0.5) is 0 Å². The van der Waals surface area contributed by atoms with E-state index in [1.54, 1.807) is 66.1 Å². The van der Waals surface area contributed by atoms with E-state index >= 15 is 0 Å². The Kier molecular flexibility index (Phi) is 5.65. The number of rotatable bonds is 5. The van der Waals surface area contributed by atoms with Crippen LogP contribution in [0, 0.1) is 0 Å². The van der Waals surface area contributed by atoms with Crippen molar-refractivity contribution in [1.29, 1.82) is 0 Å². The molecule has 0 aliphatic carbocycles. The normalized spacial score (nSPS) is 16.2. The number of piperidine rings is 1. The van der Waals surface area contributed by atoms with Gasteiger partial charge in [0.15, 0.2) is 5.69 Å². The summed E-state index contributed by atoms with van der Waals surface area (Å²) in [5.74, 6) is 0.00893. The Bertz CT molecular complexity index is 1090. The van der Waals surface area contributed by atoms with E-state index in [2.05, 4.69) is 25.7 Å². The number of nitrogens with zero attached hydrogens (tertiary/aromatic N) is 7. The molecule has 1 fully saturated rings. The minimum atomic E-state index is -0.501. The Labute approximate surface area is 179 Å². The summed E-state index contributed by atoms with van der Waals surface area (Å²) in [4.78, 5) is 31.5. The molecule has 3 aromatic heterocycles. The molecular weight excluding hydrogens is 400 g/mol. The van der Waals surface area contributed by atoms with Gasteiger partial charge in [0.05, 0.1) is 30.9 Å². The molecule has 1 aliphatic rings. The number of hydrogen-bond acceptors (Lipinski definition) is 7. The van der Waals surface area contributed by atoms with Gasteiger partial charge in [-0.3, -0.25) is 14.3 Å². The van der Waals surface area contributed by atoms with Gasteiger partial charge in [-0.1, -0.05) is 5.21 Å². The van der Waals surface area contributed by atoms with E-state index in [0.29, 0.717) is 35.9 Å². The van der Waals surface area contributed by atoms with Crippen molar-refractivity contribution >= 4 is 11.8 Å². The van der Waals surface area contributed by atoms with Crippen LogP contribution in [0.2, 0.25) is 0 Å². The number of ether oxygens (including phenoxy) is 1. The zero-order valence-corrected chi connectivity index (χ0v) is 17.6. The maximum atomic E-state index is 13.4. The third kappa shape index (κ3) is 3.98. The van der Waals surface area contributed by atoms with Crippen LogP contribution in [-0.2, 0) is 11.8 Å². The fourth-order valence-electron chi connectivity index (χ4n) is 3.71. The minimum absolute atomic E-state index is 0.166. The highest BCUT2D eigenvalue weighted by Crippen LogP contribution is 2.25. The Balaban J connectivity index is 1.75. The molecule has 1 aliphatic heterocycles. The molecule has 0 spiro atoms. The summed E-state index contributed by atoms with van der Waals surface area (Å²) in [5.41, 5.74) is 2.03. The Morgan fingerprint density at radius 1 is 1.26 bits per heavy atom. The van der Waals surface area contributed by atoms with Gasteiger partial charge >= 0.3 is 0 Å². The molecule has 4 rings (SSSR count). The standard InChI is InChI=1S/C20H24N8O3/c1-21-19(29)16-6-4-5-9-27(16)20(30)14-10-17(15-12-26(2)25-23-15)28(24-14)13-7-8-18(31-3)22-11-13/h7-8,10-12,16H,4-6,9H2,1-3H3,(H,21,29). The average Bonchev–Trinajstić information content (AvgIpc) is 3.44. The van der Waals surface area contributed by atoms with Crippen LogP contribution in [0.3, 0.4) is 0 Å². The molecule has 0 bridgehead atoms. The lowest BCUT2D eigenvalue weighted by Crippen LogP contribution is -2.51. The summed E-state index contributed by atoms with van der Waals surface area (Å²) in [5, 5.41) is 15.4. The molecule has 4 heterocycles. The molecule has 11 heteroatoms. The number of amides is 2. The Morgan fingerprint density at radius 2 is 2.10 bits per heavy atom. The van der Waals surface area contributed by atoms with Crippen LogP contribution < -0.4 is 10.1 Å². The van der Waals surface area contributed by atoms with Crippen molar-refractivity contribution in [2.24, 2.45) is 7.05 Å². The first-order valence-corrected chi connectivity index (χ1v) is 10.0. The summed E-state index contributed by atoms with van der Waals surface area (Å²) in [7, 11) is 4.89. The zero-order chi connectivity index (χ0) is 22.0. The number of carbonyl (C=O) groups excluding carboxylic acids is 2. The highest BCUT2D eigenvalue weighted by atomic mass is 16.5. The summed E-state index contributed by atoms with van der Waals surface area (Å²) in [6.45, 7) is 0.508. The summed E-state index contributed by atoms with van der Waals surface area (Å²) < 4.78 is 8.30. The van der Waals surface area contributed by atoms with Crippen molar-refractivity contribution in [1.82, 2.24) is 40.0 Å². The first-order valence-electron chi connectivity index (χ1n) is 10.0. The van der Waals surface area contributed by atoms with Crippen molar-refractivity contribution in [2.45, 2.75) is 25.3 Å². The summed E-state index contributed by atoms with van der Waals surface area (Å²) >= 11 is 0. The van der Waals surface area contributed by atoms with Gasteiger partial charge in [-0.05, 0) is 31.4 Å². The van der Waals surface area contributed by atoms with E-state index in [0.717, 1.165) is 12.8 Å². The highest BCUT2D eigenvalue weighted by molar-refractivity contribution is 5.97. The molecule has 1 atom stereocenters. The fourth-order valence-corrected chi connectivity index (χ4v) is 3.71. The molecule has 162 valence electrons. The predicted molar refractivity (Wildman–Crippen MR) is 111 cm³/mol. The number of hydrogen-bond donors (Lipinski definition) is 1. The lowest BCUT2D eigenvalue weighted by Gasteiger charge is -2.33. The van der Waals surface area contributed by atoms with Crippen molar-refractivity contribution in [3.8, 4) is 23.0 Å². The SMILES string of the molecule is CNC(=O)C1CCCCN1C(=O)c1cc(-c2cn(C)nn2)n(-c2ccc(OC)nc2)n1. The van der Waals surface area contributed by atoms with Gasteiger partial charge in [-0.15, -0.1) is 5.10 Å². The second-order valence-electron chi connectivity index (χ2n) is 7.29. The van der Waals surface area contributed by atoms with Crippen LogP contribution >= 0.6 is 0 Å². The van der Waals surface area contributed by atoms with E-state index in [4.69, 9.17) is 4.74 Å². The molecule has 1 unspecified atom stereocenters. The predicted octanol–water partition coefficient (Wildman–Crippen LogP) is 0.812. The number of likely N-dealkylation sites (N-methyl/N-ethyl adjacent to an activating group) is 1. The Morgan fingerprint density at radius 3 is 2.74 bits per heavy atom. The van der Waals surface area contributed by atoms with Gasteiger partial charge in [0.1, 0.15) is 11.7 Å². The number of aryl methyl sites for hydroxylation is 1. The maximum absolute atomic E-state index is 13.4. The number of aromatic nitrogens is 6. The summed E-state index contributed by atoms with van der Waals surface area (Å²) in [6, 6.07) is 4.68. The van der Waals surface area contributed by atoms with E-state index in [1.807, 2.05) is 0 Å². The van der Waals surface area contributed by atoms with E-state index in [-0.39, 0.29) is 17.5 Å². The van der Waals surface area contributed by atoms with Crippen LogP contribution in [0.25, 0.3) is 17.1 Å². The topological polar surface area (TPSA) is 120 Å². The van der Waals surface area contributed by atoms with Gasteiger partial charge in [-0.25, -0.2) is 9.67 Å². The molecule has 0 radical (unpaired) electrons. The van der Waals surface area contributed by atoms with E-state index in [9.17, 15) is 9.59 Å². The quantitative estimate of drug-likeness (QED) is 0.644.